The van der Waals surface area contributed by atoms with Gasteiger partial charge >= 0.3 is 5.97 Å². The summed E-state index contributed by atoms with van der Waals surface area (Å²) in [6.45, 7) is 6.13. The van der Waals surface area contributed by atoms with Gasteiger partial charge in [-0.25, -0.2) is 0 Å². The van der Waals surface area contributed by atoms with Gasteiger partial charge in [0.05, 0.1) is 6.61 Å². The maximum Gasteiger partial charge on any atom is 0.325 e. The Balaban J connectivity index is 2.63. The first-order valence-electron chi connectivity index (χ1n) is 7.52. The number of rotatable bonds is 5. The minimum Gasteiger partial charge on any atom is -0.465 e. The maximum atomic E-state index is 12.6. The molecule has 0 saturated heterocycles. The van der Waals surface area contributed by atoms with Gasteiger partial charge in [0, 0.05) is 12.0 Å². The van der Waals surface area contributed by atoms with Crippen molar-refractivity contribution in [2.45, 2.75) is 65.3 Å². The summed E-state index contributed by atoms with van der Waals surface area (Å²) in [5.41, 5.74) is 0. The highest BCUT2D eigenvalue weighted by atomic mass is 16.5. The summed E-state index contributed by atoms with van der Waals surface area (Å²) in [4.78, 5) is 25.8. The summed E-state index contributed by atoms with van der Waals surface area (Å²) in [5.74, 6) is -0.0811. The Morgan fingerprint density at radius 2 is 1.74 bits per heavy atom. The Labute approximate surface area is 116 Å². The van der Waals surface area contributed by atoms with Crippen molar-refractivity contribution in [2.75, 3.05) is 13.2 Å². The number of ether oxygens (including phenoxy) is 1. The molecular formula is C15H27NO3. The third-order valence-electron chi connectivity index (χ3n) is 3.72. The number of carbonyl (C=O) groups excluding carboxylic acids is 2. The number of hydrogen-bond donors (Lipinski definition) is 0. The van der Waals surface area contributed by atoms with Gasteiger partial charge in [-0.3, -0.25) is 9.59 Å². The molecule has 4 nitrogen and oxygen atoms in total. The Kier molecular flexibility index (Phi) is 6.89. The molecule has 4 heteroatoms. The maximum absolute atomic E-state index is 12.6. The number of esters is 1. The third kappa shape index (κ3) is 5.21. The average Bonchev–Trinajstić information content (AvgIpc) is 2.64. The Bertz CT molecular complexity index is 294. The van der Waals surface area contributed by atoms with Crippen LogP contribution < -0.4 is 0 Å². The van der Waals surface area contributed by atoms with Crippen LogP contribution in [0.15, 0.2) is 0 Å². The number of hydrogen-bond acceptors (Lipinski definition) is 3. The Morgan fingerprint density at radius 1 is 1.16 bits per heavy atom. The molecule has 0 aromatic heterocycles. The number of carbonyl (C=O) groups is 2. The van der Waals surface area contributed by atoms with Crippen molar-refractivity contribution in [3.05, 3.63) is 0 Å². The van der Waals surface area contributed by atoms with Crippen LogP contribution in [0.4, 0.5) is 0 Å². The normalized spacial score (nSPS) is 17.1. The lowest BCUT2D eigenvalue weighted by molar-refractivity contribution is -0.151. The smallest absolute Gasteiger partial charge is 0.325 e. The van der Waals surface area contributed by atoms with E-state index >= 15 is 0 Å². The second kappa shape index (κ2) is 8.18. The van der Waals surface area contributed by atoms with E-state index in [4.69, 9.17) is 4.74 Å². The first-order valence-corrected chi connectivity index (χ1v) is 7.52. The van der Waals surface area contributed by atoms with Crippen LogP contribution in [0.3, 0.4) is 0 Å². The molecule has 0 aliphatic heterocycles. The molecule has 0 aromatic carbocycles. The highest BCUT2D eigenvalue weighted by Gasteiger charge is 2.28. The molecule has 1 amide bonds. The fourth-order valence-electron chi connectivity index (χ4n) is 2.62. The molecule has 1 rings (SSSR count). The summed E-state index contributed by atoms with van der Waals surface area (Å²) in [5, 5.41) is 0. The number of nitrogens with zero attached hydrogens (tertiary/aromatic N) is 1. The van der Waals surface area contributed by atoms with Crippen molar-refractivity contribution < 1.29 is 14.3 Å². The first-order chi connectivity index (χ1) is 9.06. The van der Waals surface area contributed by atoms with Crippen LogP contribution in [0.2, 0.25) is 0 Å². The largest absolute Gasteiger partial charge is 0.465 e. The first kappa shape index (κ1) is 16.0. The van der Waals surface area contributed by atoms with Crippen molar-refractivity contribution in [1.82, 2.24) is 4.90 Å². The van der Waals surface area contributed by atoms with Gasteiger partial charge in [-0.15, -0.1) is 0 Å². The lowest BCUT2D eigenvalue weighted by atomic mass is 9.98. The van der Waals surface area contributed by atoms with E-state index in [1.165, 1.54) is 12.8 Å². The van der Waals surface area contributed by atoms with Crippen LogP contribution in [0.5, 0.6) is 0 Å². The van der Waals surface area contributed by atoms with E-state index in [0.29, 0.717) is 6.61 Å². The Hall–Kier alpha value is -1.06. The molecule has 0 atom stereocenters. The summed E-state index contributed by atoms with van der Waals surface area (Å²) < 4.78 is 4.95. The van der Waals surface area contributed by atoms with Crippen LogP contribution in [0.25, 0.3) is 0 Å². The molecule has 0 N–H and O–H groups in total. The van der Waals surface area contributed by atoms with Gasteiger partial charge in [0.1, 0.15) is 6.54 Å². The van der Waals surface area contributed by atoms with E-state index in [-0.39, 0.29) is 30.4 Å². The third-order valence-corrected chi connectivity index (χ3v) is 3.72. The Morgan fingerprint density at radius 3 is 2.21 bits per heavy atom. The van der Waals surface area contributed by atoms with Crippen molar-refractivity contribution >= 4 is 11.9 Å². The molecule has 0 unspecified atom stereocenters. The molecule has 1 aliphatic rings. The molecule has 1 fully saturated rings. The molecule has 1 saturated carbocycles. The molecule has 1 aliphatic carbocycles. The van der Waals surface area contributed by atoms with Crippen molar-refractivity contribution in [3.63, 3.8) is 0 Å². The zero-order valence-electron chi connectivity index (χ0n) is 12.5. The molecule has 0 radical (unpaired) electrons. The van der Waals surface area contributed by atoms with Gasteiger partial charge in [-0.2, -0.15) is 0 Å². The van der Waals surface area contributed by atoms with Gasteiger partial charge in [0.15, 0.2) is 0 Å². The molecule has 0 spiro atoms. The van der Waals surface area contributed by atoms with E-state index < -0.39 is 0 Å². The second-order valence-electron chi connectivity index (χ2n) is 5.55. The number of amides is 1. The van der Waals surface area contributed by atoms with Crippen LogP contribution in [-0.4, -0.2) is 36.0 Å². The zero-order chi connectivity index (χ0) is 14.3. The minimum absolute atomic E-state index is 0.0418. The van der Waals surface area contributed by atoms with Crippen molar-refractivity contribution in [1.29, 1.82) is 0 Å². The van der Waals surface area contributed by atoms with E-state index in [0.717, 1.165) is 25.7 Å². The lowest BCUT2D eigenvalue weighted by Crippen LogP contribution is -2.44. The highest BCUT2D eigenvalue weighted by Crippen LogP contribution is 2.25. The highest BCUT2D eigenvalue weighted by molar-refractivity contribution is 5.84. The standard InChI is InChI=1S/C15H27NO3/c1-4-19-14(17)11-16(12(2)3)15(18)13-9-7-5-6-8-10-13/h12-13H,4-11H2,1-3H3. The van der Waals surface area contributed by atoms with E-state index in [1.807, 2.05) is 13.8 Å². The SMILES string of the molecule is CCOC(=O)CN(C(=O)C1CCCCCC1)C(C)C. The molecular weight excluding hydrogens is 242 g/mol. The predicted molar refractivity (Wildman–Crippen MR) is 74.7 cm³/mol. The van der Waals surface area contributed by atoms with Gasteiger partial charge < -0.3 is 9.64 Å². The van der Waals surface area contributed by atoms with Gasteiger partial charge in [-0.05, 0) is 33.6 Å². The molecule has 19 heavy (non-hydrogen) atoms. The van der Waals surface area contributed by atoms with Gasteiger partial charge in [0.2, 0.25) is 5.91 Å². The van der Waals surface area contributed by atoms with E-state index in [9.17, 15) is 9.59 Å². The monoisotopic (exact) mass is 269 g/mol. The van der Waals surface area contributed by atoms with Crippen LogP contribution in [0.1, 0.15) is 59.3 Å². The molecule has 0 bridgehead atoms. The van der Waals surface area contributed by atoms with Crippen molar-refractivity contribution in [3.8, 4) is 0 Å². The molecule has 0 aromatic rings. The molecule has 110 valence electrons. The predicted octanol–water partition coefficient (Wildman–Crippen LogP) is 2.76. The van der Waals surface area contributed by atoms with Crippen LogP contribution in [-0.2, 0) is 14.3 Å². The minimum atomic E-state index is -0.307. The fraction of sp³-hybridized carbons (Fsp3) is 0.867. The van der Waals surface area contributed by atoms with E-state index in [1.54, 1.807) is 11.8 Å². The lowest BCUT2D eigenvalue weighted by Gasteiger charge is -2.29. The van der Waals surface area contributed by atoms with Crippen molar-refractivity contribution in [2.24, 2.45) is 5.92 Å². The molecule has 0 heterocycles. The topological polar surface area (TPSA) is 46.6 Å². The summed E-state index contributed by atoms with van der Waals surface area (Å²) in [6.07, 6.45) is 6.63. The summed E-state index contributed by atoms with van der Waals surface area (Å²) in [7, 11) is 0. The quantitative estimate of drug-likeness (QED) is 0.569. The fourth-order valence-corrected chi connectivity index (χ4v) is 2.62. The summed E-state index contributed by atoms with van der Waals surface area (Å²) >= 11 is 0. The van der Waals surface area contributed by atoms with Crippen LogP contribution >= 0.6 is 0 Å². The average molecular weight is 269 g/mol. The van der Waals surface area contributed by atoms with E-state index in [2.05, 4.69) is 0 Å². The second-order valence-corrected chi connectivity index (χ2v) is 5.55. The van der Waals surface area contributed by atoms with Crippen LogP contribution in [0, 0.1) is 5.92 Å². The van der Waals surface area contributed by atoms with Gasteiger partial charge in [-0.1, -0.05) is 25.7 Å². The summed E-state index contributed by atoms with van der Waals surface area (Å²) in [6, 6.07) is 0.0418. The van der Waals surface area contributed by atoms with Gasteiger partial charge in [0.25, 0.3) is 0 Å². The zero-order valence-corrected chi connectivity index (χ0v) is 12.5.